The van der Waals surface area contributed by atoms with Crippen LogP contribution in [0.3, 0.4) is 0 Å². The van der Waals surface area contributed by atoms with Gasteiger partial charge in [0.1, 0.15) is 0 Å². The first kappa shape index (κ1) is 19.2. The summed E-state index contributed by atoms with van der Waals surface area (Å²) >= 11 is 0. The van der Waals surface area contributed by atoms with Crippen molar-refractivity contribution >= 4 is 11.9 Å². The van der Waals surface area contributed by atoms with Gasteiger partial charge in [-0.05, 0) is 57.6 Å². The Bertz CT molecular complexity index is 1130. The number of rotatable bonds is 5. The van der Waals surface area contributed by atoms with Gasteiger partial charge in [-0.3, -0.25) is 0 Å². The number of hydrogen-bond donors (Lipinski definition) is 2. The van der Waals surface area contributed by atoms with Crippen molar-refractivity contribution in [1.82, 2.24) is 0 Å². The van der Waals surface area contributed by atoms with Crippen LogP contribution in [0.2, 0.25) is 0 Å². The van der Waals surface area contributed by atoms with Gasteiger partial charge in [0.25, 0.3) is 0 Å². The molecule has 0 saturated carbocycles. The van der Waals surface area contributed by atoms with Gasteiger partial charge in [-0.2, -0.15) is 0 Å². The molecule has 0 amide bonds. The molecule has 0 atom stereocenters. The number of carboxylic acid groups (broad SMARTS) is 2. The summed E-state index contributed by atoms with van der Waals surface area (Å²) in [6.07, 6.45) is 0. The molecule has 4 aromatic carbocycles. The van der Waals surface area contributed by atoms with E-state index in [2.05, 4.69) is 0 Å². The summed E-state index contributed by atoms with van der Waals surface area (Å²) in [6.45, 7) is 0. The van der Waals surface area contributed by atoms with Gasteiger partial charge >= 0.3 is 11.9 Å². The number of hydrogen-bond acceptors (Lipinski definition) is 2. The molecule has 0 aliphatic rings. The first-order valence-electron chi connectivity index (χ1n) is 9.40. The van der Waals surface area contributed by atoms with Gasteiger partial charge in [-0.1, -0.05) is 72.8 Å². The monoisotopic (exact) mass is 394 g/mol. The van der Waals surface area contributed by atoms with Crippen LogP contribution < -0.4 is 0 Å². The topological polar surface area (TPSA) is 74.6 Å². The quantitative estimate of drug-likeness (QED) is 0.430. The van der Waals surface area contributed by atoms with Crippen molar-refractivity contribution in [3.63, 3.8) is 0 Å². The van der Waals surface area contributed by atoms with E-state index in [-0.39, 0.29) is 11.1 Å². The van der Waals surface area contributed by atoms with Crippen molar-refractivity contribution in [2.45, 2.75) is 0 Å². The molecule has 4 nitrogen and oxygen atoms in total. The Morgan fingerprint density at radius 3 is 1.17 bits per heavy atom. The number of benzene rings is 4. The Morgan fingerprint density at radius 1 is 0.467 bits per heavy atom. The summed E-state index contributed by atoms with van der Waals surface area (Å²) in [5.74, 6) is -1.99. The zero-order valence-corrected chi connectivity index (χ0v) is 15.9. The van der Waals surface area contributed by atoms with Crippen molar-refractivity contribution in [2.24, 2.45) is 0 Å². The van der Waals surface area contributed by atoms with Crippen LogP contribution in [0.15, 0.2) is 97.1 Å². The highest BCUT2D eigenvalue weighted by molar-refractivity contribution is 5.99. The van der Waals surface area contributed by atoms with E-state index in [1.54, 1.807) is 24.3 Å². The molecule has 4 aromatic rings. The molecule has 0 bridgehead atoms. The number of aromatic carboxylic acids is 2. The first-order chi connectivity index (χ1) is 14.5. The highest BCUT2D eigenvalue weighted by atomic mass is 16.4. The van der Waals surface area contributed by atoms with Crippen molar-refractivity contribution in [2.75, 3.05) is 0 Å². The second-order valence-corrected chi connectivity index (χ2v) is 6.86. The molecule has 0 saturated heterocycles. The summed E-state index contributed by atoms with van der Waals surface area (Å²) in [7, 11) is 0. The van der Waals surface area contributed by atoms with Gasteiger partial charge in [0.05, 0.1) is 11.1 Å². The highest BCUT2D eigenvalue weighted by Gasteiger charge is 2.16. The third kappa shape index (κ3) is 3.71. The van der Waals surface area contributed by atoms with E-state index in [0.717, 1.165) is 22.3 Å². The Hall–Kier alpha value is -4.18. The second-order valence-electron chi connectivity index (χ2n) is 6.86. The summed E-state index contributed by atoms with van der Waals surface area (Å²) < 4.78 is 0. The molecular formula is C26H18O4. The zero-order chi connectivity index (χ0) is 21.1. The average molecular weight is 394 g/mol. The van der Waals surface area contributed by atoms with E-state index in [4.69, 9.17) is 0 Å². The summed E-state index contributed by atoms with van der Waals surface area (Å²) in [6, 6.07) is 29.0. The lowest BCUT2D eigenvalue weighted by Crippen LogP contribution is -2.01. The third-order valence-electron chi connectivity index (χ3n) is 5.00. The van der Waals surface area contributed by atoms with E-state index in [1.165, 1.54) is 0 Å². The predicted molar refractivity (Wildman–Crippen MR) is 117 cm³/mol. The fourth-order valence-corrected chi connectivity index (χ4v) is 3.53. The van der Waals surface area contributed by atoms with Crippen LogP contribution in [0.5, 0.6) is 0 Å². The number of carbonyl (C=O) groups is 2. The van der Waals surface area contributed by atoms with E-state index in [0.29, 0.717) is 11.1 Å². The van der Waals surface area contributed by atoms with Crippen molar-refractivity contribution in [1.29, 1.82) is 0 Å². The van der Waals surface area contributed by atoms with E-state index >= 15 is 0 Å². The molecule has 30 heavy (non-hydrogen) atoms. The first-order valence-corrected chi connectivity index (χ1v) is 9.40. The summed E-state index contributed by atoms with van der Waals surface area (Å²) in [5, 5.41) is 19.2. The molecule has 0 aliphatic heterocycles. The van der Waals surface area contributed by atoms with E-state index in [1.807, 2.05) is 72.8 Å². The van der Waals surface area contributed by atoms with Crippen LogP contribution >= 0.6 is 0 Å². The van der Waals surface area contributed by atoms with Gasteiger partial charge in [-0.15, -0.1) is 0 Å². The lowest BCUT2D eigenvalue weighted by molar-refractivity contribution is 0.0687. The second kappa shape index (κ2) is 8.05. The summed E-state index contributed by atoms with van der Waals surface area (Å²) in [5.41, 5.74) is 4.91. The smallest absolute Gasteiger partial charge is 0.336 e. The standard InChI is InChI=1S/C26H18O4/c27-25(28)21-13-11-19(15-23(21)17-7-3-1-4-8-17)20-12-14-22(26(29)30)24(16-20)18-9-5-2-6-10-18/h1-16H,(H,27,28)(H,29,30). The maximum absolute atomic E-state index is 11.7. The molecule has 0 heterocycles. The van der Waals surface area contributed by atoms with Gasteiger partial charge < -0.3 is 10.2 Å². The van der Waals surface area contributed by atoms with Crippen LogP contribution in [0.4, 0.5) is 0 Å². The molecule has 146 valence electrons. The minimum absolute atomic E-state index is 0.218. The maximum atomic E-state index is 11.7. The Morgan fingerprint density at radius 2 is 0.833 bits per heavy atom. The fraction of sp³-hybridized carbons (Fsp3) is 0. The highest BCUT2D eigenvalue weighted by Crippen LogP contribution is 2.33. The molecule has 4 rings (SSSR count). The molecule has 0 unspecified atom stereocenters. The Balaban J connectivity index is 1.89. The van der Waals surface area contributed by atoms with Crippen LogP contribution in [-0.2, 0) is 0 Å². The SMILES string of the molecule is O=C(O)c1ccc(-c2ccc(C(=O)O)c(-c3ccccc3)c2)cc1-c1ccccc1. The van der Waals surface area contributed by atoms with Gasteiger partial charge in [0.15, 0.2) is 0 Å². The van der Waals surface area contributed by atoms with Gasteiger partial charge in [0, 0.05) is 0 Å². The van der Waals surface area contributed by atoms with Crippen LogP contribution in [0.1, 0.15) is 20.7 Å². The van der Waals surface area contributed by atoms with Gasteiger partial charge in [0.2, 0.25) is 0 Å². The van der Waals surface area contributed by atoms with Crippen LogP contribution in [0.25, 0.3) is 33.4 Å². The third-order valence-corrected chi connectivity index (χ3v) is 5.00. The van der Waals surface area contributed by atoms with Gasteiger partial charge in [-0.25, -0.2) is 9.59 Å². The molecule has 2 N–H and O–H groups in total. The Kier molecular flexibility index (Phi) is 5.14. The Labute approximate surface area is 173 Å². The normalized spacial score (nSPS) is 10.5. The molecule has 0 aliphatic carbocycles. The molecular weight excluding hydrogens is 376 g/mol. The van der Waals surface area contributed by atoms with Crippen LogP contribution in [0, 0.1) is 0 Å². The van der Waals surface area contributed by atoms with Crippen molar-refractivity contribution < 1.29 is 19.8 Å². The van der Waals surface area contributed by atoms with E-state index < -0.39 is 11.9 Å². The molecule has 0 spiro atoms. The molecule has 4 heteroatoms. The lowest BCUT2D eigenvalue weighted by atomic mass is 9.91. The molecule has 0 radical (unpaired) electrons. The summed E-state index contributed by atoms with van der Waals surface area (Å²) in [4.78, 5) is 23.5. The largest absolute Gasteiger partial charge is 0.478 e. The lowest BCUT2D eigenvalue weighted by Gasteiger charge is -2.13. The molecule has 0 fully saturated rings. The molecule has 0 aromatic heterocycles. The number of carboxylic acids is 2. The van der Waals surface area contributed by atoms with Crippen molar-refractivity contribution in [3.05, 3.63) is 108 Å². The fourth-order valence-electron chi connectivity index (χ4n) is 3.53. The minimum Gasteiger partial charge on any atom is -0.478 e. The predicted octanol–water partition coefficient (Wildman–Crippen LogP) is 6.08. The maximum Gasteiger partial charge on any atom is 0.336 e. The minimum atomic E-state index is -0.994. The van der Waals surface area contributed by atoms with Crippen molar-refractivity contribution in [3.8, 4) is 33.4 Å². The van der Waals surface area contributed by atoms with Crippen LogP contribution in [-0.4, -0.2) is 22.2 Å². The zero-order valence-electron chi connectivity index (χ0n) is 15.9. The average Bonchev–Trinajstić information content (AvgIpc) is 2.79. The van der Waals surface area contributed by atoms with E-state index in [9.17, 15) is 19.8 Å².